The third kappa shape index (κ3) is 5.09. The van der Waals surface area contributed by atoms with Gasteiger partial charge in [0, 0.05) is 6.54 Å². The van der Waals surface area contributed by atoms with Crippen LogP contribution in [-0.4, -0.2) is 58.5 Å². The zero-order valence-electron chi connectivity index (χ0n) is 15.9. The summed E-state index contributed by atoms with van der Waals surface area (Å²) >= 11 is 0. The van der Waals surface area contributed by atoms with E-state index in [9.17, 15) is 13.2 Å². The smallest absolute Gasteiger partial charge is 0.275 e. The molecule has 1 aliphatic rings. The zero-order chi connectivity index (χ0) is 20.0. The highest BCUT2D eigenvalue weighted by atomic mass is 32.2. The number of hydrogen-bond donors (Lipinski definition) is 2. The number of carbonyl (C=O) groups is 1. The first-order valence-electron chi connectivity index (χ1n) is 9.27. The molecule has 0 unspecified atom stereocenters. The first-order valence-corrected chi connectivity index (χ1v) is 10.7. The SMILES string of the molecule is COc1ccc(S(=O)(=O)N2CC[NH+](CC(=O)NCc3ccccc3)CC2)cc1. The van der Waals surface area contributed by atoms with Crippen LogP contribution < -0.4 is 15.0 Å². The lowest BCUT2D eigenvalue weighted by Gasteiger charge is -2.31. The van der Waals surface area contributed by atoms with Crippen molar-refractivity contribution >= 4 is 15.9 Å². The van der Waals surface area contributed by atoms with E-state index in [1.807, 2.05) is 30.3 Å². The maximum Gasteiger partial charge on any atom is 0.275 e. The van der Waals surface area contributed by atoms with Gasteiger partial charge in [0.1, 0.15) is 5.75 Å². The standard InChI is InChI=1S/C20H25N3O4S/c1-27-18-7-9-19(10-8-18)28(25,26)23-13-11-22(12-14-23)16-20(24)21-15-17-5-3-2-4-6-17/h2-10H,11-16H2,1H3,(H,21,24)/p+1. The lowest BCUT2D eigenvalue weighted by atomic mass is 10.2. The van der Waals surface area contributed by atoms with Crippen molar-refractivity contribution in [1.82, 2.24) is 9.62 Å². The highest BCUT2D eigenvalue weighted by molar-refractivity contribution is 7.89. The number of nitrogens with one attached hydrogen (secondary N) is 2. The van der Waals surface area contributed by atoms with E-state index in [0.717, 1.165) is 10.5 Å². The molecule has 2 N–H and O–H groups in total. The fourth-order valence-corrected chi connectivity index (χ4v) is 4.64. The molecule has 1 aliphatic heterocycles. The second kappa shape index (κ2) is 9.18. The van der Waals surface area contributed by atoms with Crippen LogP contribution in [0.5, 0.6) is 5.75 Å². The van der Waals surface area contributed by atoms with Gasteiger partial charge >= 0.3 is 0 Å². The van der Waals surface area contributed by atoms with E-state index in [1.54, 1.807) is 31.4 Å². The first kappa shape index (κ1) is 20.3. The molecule has 2 aromatic carbocycles. The average molecular weight is 405 g/mol. The summed E-state index contributed by atoms with van der Waals surface area (Å²) in [5.41, 5.74) is 1.06. The normalized spacial score (nSPS) is 15.9. The fourth-order valence-electron chi connectivity index (χ4n) is 3.20. The van der Waals surface area contributed by atoms with Crippen LogP contribution in [0.2, 0.25) is 0 Å². The van der Waals surface area contributed by atoms with Gasteiger partial charge in [-0.05, 0) is 29.8 Å². The summed E-state index contributed by atoms with van der Waals surface area (Å²) < 4.78 is 32.1. The topological polar surface area (TPSA) is 80.2 Å². The van der Waals surface area contributed by atoms with Gasteiger partial charge in [0.2, 0.25) is 10.0 Å². The van der Waals surface area contributed by atoms with Crippen LogP contribution >= 0.6 is 0 Å². The van der Waals surface area contributed by atoms with Crippen LogP contribution in [-0.2, 0) is 21.4 Å². The monoisotopic (exact) mass is 404 g/mol. The molecule has 0 saturated carbocycles. The third-order valence-electron chi connectivity index (χ3n) is 4.87. The predicted octanol–water partition coefficient (Wildman–Crippen LogP) is -0.0992. The maximum atomic E-state index is 12.8. The Hall–Kier alpha value is -2.42. The quantitative estimate of drug-likeness (QED) is 0.676. The molecule has 7 nitrogen and oxygen atoms in total. The Bertz CT molecular complexity index is 877. The van der Waals surface area contributed by atoms with E-state index < -0.39 is 10.0 Å². The van der Waals surface area contributed by atoms with Crippen molar-refractivity contribution in [2.75, 3.05) is 39.8 Å². The number of carbonyl (C=O) groups excluding carboxylic acids is 1. The number of piperazine rings is 1. The van der Waals surface area contributed by atoms with Crippen LogP contribution in [0.1, 0.15) is 5.56 Å². The first-order chi connectivity index (χ1) is 13.5. The van der Waals surface area contributed by atoms with Crippen molar-refractivity contribution in [2.45, 2.75) is 11.4 Å². The number of amides is 1. The molecule has 28 heavy (non-hydrogen) atoms. The molecule has 1 amide bonds. The van der Waals surface area contributed by atoms with Crippen molar-refractivity contribution in [3.63, 3.8) is 0 Å². The van der Waals surface area contributed by atoms with Crippen LogP contribution in [0, 0.1) is 0 Å². The predicted molar refractivity (Wildman–Crippen MR) is 106 cm³/mol. The molecular weight excluding hydrogens is 378 g/mol. The Morgan fingerprint density at radius 1 is 1.07 bits per heavy atom. The van der Waals surface area contributed by atoms with E-state index in [4.69, 9.17) is 4.74 Å². The van der Waals surface area contributed by atoms with Gasteiger partial charge in [-0.2, -0.15) is 4.31 Å². The Morgan fingerprint density at radius 2 is 1.71 bits per heavy atom. The number of ether oxygens (including phenoxy) is 1. The van der Waals surface area contributed by atoms with E-state index in [0.29, 0.717) is 45.0 Å². The number of methoxy groups -OCH3 is 1. The summed E-state index contributed by atoms with van der Waals surface area (Å²) in [5, 5.41) is 2.92. The van der Waals surface area contributed by atoms with Crippen molar-refractivity contribution in [3.05, 3.63) is 60.2 Å². The van der Waals surface area contributed by atoms with Crippen molar-refractivity contribution < 1.29 is 22.8 Å². The van der Waals surface area contributed by atoms with Gasteiger partial charge in [-0.25, -0.2) is 8.42 Å². The second-order valence-corrected chi connectivity index (χ2v) is 8.71. The number of quaternary nitrogens is 1. The van der Waals surface area contributed by atoms with Gasteiger partial charge in [0.15, 0.2) is 6.54 Å². The summed E-state index contributed by atoms with van der Waals surface area (Å²) in [6, 6.07) is 16.2. The maximum absolute atomic E-state index is 12.8. The number of hydrogen-bond acceptors (Lipinski definition) is 4. The second-order valence-electron chi connectivity index (χ2n) is 6.77. The minimum Gasteiger partial charge on any atom is -0.497 e. The number of benzene rings is 2. The van der Waals surface area contributed by atoms with Gasteiger partial charge < -0.3 is 15.0 Å². The Labute approximate surface area is 166 Å². The fraction of sp³-hybridized carbons (Fsp3) is 0.350. The molecule has 1 saturated heterocycles. The van der Waals surface area contributed by atoms with E-state index in [1.165, 1.54) is 4.31 Å². The molecule has 0 aliphatic carbocycles. The van der Waals surface area contributed by atoms with Crippen LogP contribution in [0.25, 0.3) is 0 Å². The molecule has 0 aromatic heterocycles. The highest BCUT2D eigenvalue weighted by Crippen LogP contribution is 2.19. The summed E-state index contributed by atoms with van der Waals surface area (Å²) in [4.78, 5) is 13.5. The molecule has 0 bridgehead atoms. The molecule has 0 spiro atoms. The Balaban J connectivity index is 1.48. The summed E-state index contributed by atoms with van der Waals surface area (Å²) in [6.07, 6.45) is 0. The average Bonchev–Trinajstić information content (AvgIpc) is 2.73. The molecule has 150 valence electrons. The van der Waals surface area contributed by atoms with Gasteiger partial charge in [0.05, 0.1) is 38.2 Å². The lowest BCUT2D eigenvalue weighted by Crippen LogP contribution is -3.15. The zero-order valence-corrected chi connectivity index (χ0v) is 16.7. The molecule has 1 fully saturated rings. The molecule has 0 atom stereocenters. The van der Waals surface area contributed by atoms with E-state index in [-0.39, 0.29) is 10.8 Å². The van der Waals surface area contributed by atoms with Crippen LogP contribution in [0.4, 0.5) is 0 Å². The summed E-state index contributed by atoms with van der Waals surface area (Å²) in [7, 11) is -1.98. The van der Waals surface area contributed by atoms with E-state index in [2.05, 4.69) is 5.32 Å². The van der Waals surface area contributed by atoms with Crippen LogP contribution in [0.15, 0.2) is 59.5 Å². The number of nitrogens with zero attached hydrogens (tertiary/aromatic N) is 1. The number of sulfonamides is 1. The molecule has 0 radical (unpaired) electrons. The molecular formula is C20H26N3O4S+. The van der Waals surface area contributed by atoms with E-state index >= 15 is 0 Å². The summed E-state index contributed by atoms with van der Waals surface area (Å²) in [6.45, 7) is 2.86. The summed E-state index contributed by atoms with van der Waals surface area (Å²) in [5.74, 6) is 0.597. The third-order valence-corrected chi connectivity index (χ3v) is 6.78. The minimum absolute atomic E-state index is 0.0229. The highest BCUT2D eigenvalue weighted by Gasteiger charge is 2.31. The van der Waals surface area contributed by atoms with Gasteiger partial charge in [-0.1, -0.05) is 30.3 Å². The number of rotatable bonds is 7. The van der Waals surface area contributed by atoms with Crippen LogP contribution in [0.3, 0.4) is 0 Å². The van der Waals surface area contributed by atoms with Gasteiger partial charge in [-0.15, -0.1) is 0 Å². The molecule has 8 heteroatoms. The molecule has 1 heterocycles. The van der Waals surface area contributed by atoms with Crippen molar-refractivity contribution in [2.24, 2.45) is 0 Å². The minimum atomic E-state index is -3.52. The largest absolute Gasteiger partial charge is 0.497 e. The van der Waals surface area contributed by atoms with Crippen molar-refractivity contribution in [3.8, 4) is 5.75 Å². The Kier molecular flexibility index (Phi) is 6.66. The van der Waals surface area contributed by atoms with Gasteiger partial charge in [0.25, 0.3) is 5.91 Å². The van der Waals surface area contributed by atoms with Crippen molar-refractivity contribution in [1.29, 1.82) is 0 Å². The molecule has 2 aromatic rings. The lowest BCUT2D eigenvalue weighted by molar-refractivity contribution is -0.895. The molecule has 3 rings (SSSR count). The van der Waals surface area contributed by atoms with Gasteiger partial charge in [-0.3, -0.25) is 4.79 Å². The Morgan fingerprint density at radius 3 is 2.32 bits per heavy atom.